The van der Waals surface area contributed by atoms with E-state index >= 15 is 0 Å². The minimum atomic E-state index is -0.676. The first-order valence-corrected chi connectivity index (χ1v) is 5.17. The molecule has 0 saturated carbocycles. The molecule has 1 aliphatic rings. The molecule has 0 radical (unpaired) electrons. The third kappa shape index (κ3) is 2.38. The van der Waals surface area contributed by atoms with E-state index in [9.17, 15) is 0 Å². The van der Waals surface area contributed by atoms with Crippen molar-refractivity contribution < 1.29 is 4.42 Å². The monoisotopic (exact) mass is 205 g/mol. The van der Waals surface area contributed by atoms with Crippen LogP contribution in [0.3, 0.4) is 0 Å². The Bertz CT molecular complexity index is 354. The molecule has 1 atom stereocenters. The molecule has 15 heavy (non-hydrogen) atoms. The predicted molar refractivity (Wildman–Crippen MR) is 55.8 cm³/mol. The lowest BCUT2D eigenvalue weighted by Crippen LogP contribution is -2.52. The van der Waals surface area contributed by atoms with Crippen molar-refractivity contribution in [3.8, 4) is 6.07 Å². The molecule has 0 spiro atoms. The lowest BCUT2D eigenvalue weighted by Gasteiger charge is -2.35. The third-order valence-electron chi connectivity index (χ3n) is 2.79. The normalized spacial score (nSPS) is 27.5. The summed E-state index contributed by atoms with van der Waals surface area (Å²) in [6.45, 7) is 2.36. The molecule has 1 aromatic rings. The van der Waals surface area contributed by atoms with Gasteiger partial charge in [0.15, 0.2) is 0 Å². The maximum atomic E-state index is 8.97. The summed E-state index contributed by atoms with van der Waals surface area (Å²) in [6, 6.07) is 6.01. The Balaban J connectivity index is 1.97. The summed E-state index contributed by atoms with van der Waals surface area (Å²) in [6.07, 6.45) is 3.43. The van der Waals surface area contributed by atoms with Gasteiger partial charge in [-0.2, -0.15) is 5.26 Å². The second kappa shape index (κ2) is 4.05. The fraction of sp³-hybridized carbons (Fsp3) is 0.545. The molecule has 2 heterocycles. The SMILES string of the molecule is N#CC1(N)CCCN(Cc2ccco2)C1. The Morgan fingerprint density at radius 3 is 3.20 bits per heavy atom. The molecule has 0 amide bonds. The molecular formula is C11H15N3O. The second-order valence-corrected chi connectivity index (χ2v) is 4.16. The number of nitrogens with two attached hydrogens (primary N) is 1. The van der Waals surface area contributed by atoms with E-state index < -0.39 is 5.54 Å². The van der Waals surface area contributed by atoms with Gasteiger partial charge in [0.25, 0.3) is 0 Å². The van der Waals surface area contributed by atoms with Crippen LogP contribution in [0.25, 0.3) is 0 Å². The minimum Gasteiger partial charge on any atom is -0.468 e. The van der Waals surface area contributed by atoms with Crippen LogP contribution in [-0.2, 0) is 6.54 Å². The first-order valence-electron chi connectivity index (χ1n) is 5.17. The maximum absolute atomic E-state index is 8.97. The highest BCUT2D eigenvalue weighted by Crippen LogP contribution is 2.19. The van der Waals surface area contributed by atoms with E-state index in [0.717, 1.165) is 31.7 Å². The smallest absolute Gasteiger partial charge is 0.117 e. The third-order valence-corrected chi connectivity index (χ3v) is 2.79. The summed E-state index contributed by atoms with van der Waals surface area (Å²) in [4.78, 5) is 2.17. The molecule has 0 aromatic carbocycles. The van der Waals surface area contributed by atoms with E-state index in [-0.39, 0.29) is 0 Å². The molecule has 2 N–H and O–H groups in total. The van der Waals surface area contributed by atoms with Gasteiger partial charge in [-0.3, -0.25) is 4.90 Å². The molecule has 1 unspecified atom stereocenters. The molecule has 1 saturated heterocycles. The van der Waals surface area contributed by atoms with Crippen LogP contribution in [0.15, 0.2) is 22.8 Å². The molecule has 80 valence electrons. The van der Waals surface area contributed by atoms with E-state index in [2.05, 4.69) is 11.0 Å². The van der Waals surface area contributed by atoms with Crippen molar-refractivity contribution in [1.82, 2.24) is 4.90 Å². The zero-order valence-electron chi connectivity index (χ0n) is 8.65. The zero-order valence-corrected chi connectivity index (χ0v) is 8.65. The Morgan fingerprint density at radius 2 is 2.53 bits per heavy atom. The first kappa shape index (κ1) is 10.2. The zero-order chi connectivity index (χ0) is 10.7. The van der Waals surface area contributed by atoms with Gasteiger partial charge in [-0.25, -0.2) is 0 Å². The van der Waals surface area contributed by atoms with Crippen LogP contribution in [0.1, 0.15) is 18.6 Å². The number of piperidine rings is 1. The molecule has 1 aromatic heterocycles. The van der Waals surface area contributed by atoms with Gasteiger partial charge in [-0.15, -0.1) is 0 Å². The lowest BCUT2D eigenvalue weighted by molar-refractivity contribution is 0.161. The molecular weight excluding hydrogens is 190 g/mol. The largest absolute Gasteiger partial charge is 0.468 e. The maximum Gasteiger partial charge on any atom is 0.117 e. The predicted octanol–water partition coefficient (Wildman–Crippen LogP) is 1.10. The van der Waals surface area contributed by atoms with Crippen LogP contribution in [-0.4, -0.2) is 23.5 Å². The van der Waals surface area contributed by atoms with Crippen molar-refractivity contribution in [3.05, 3.63) is 24.2 Å². The Labute approximate surface area is 89.3 Å². The summed E-state index contributed by atoms with van der Waals surface area (Å²) in [7, 11) is 0. The molecule has 4 nitrogen and oxygen atoms in total. The number of nitriles is 1. The van der Waals surface area contributed by atoms with E-state index in [4.69, 9.17) is 15.4 Å². The van der Waals surface area contributed by atoms with Gasteiger partial charge in [0.1, 0.15) is 11.3 Å². The number of hydrogen-bond donors (Lipinski definition) is 1. The fourth-order valence-corrected chi connectivity index (χ4v) is 2.02. The van der Waals surface area contributed by atoms with Gasteiger partial charge < -0.3 is 10.2 Å². The van der Waals surface area contributed by atoms with Gasteiger partial charge in [-0.05, 0) is 31.5 Å². The highest BCUT2D eigenvalue weighted by atomic mass is 16.3. The summed E-state index contributed by atoms with van der Waals surface area (Å²) < 4.78 is 5.27. The molecule has 4 heteroatoms. The van der Waals surface area contributed by atoms with Gasteiger partial charge in [0, 0.05) is 6.54 Å². The van der Waals surface area contributed by atoms with E-state index in [1.807, 2.05) is 12.1 Å². The van der Waals surface area contributed by atoms with Gasteiger partial charge in [0.2, 0.25) is 0 Å². The standard InChI is InChI=1S/C11H15N3O/c12-8-11(13)4-2-5-14(9-11)7-10-3-1-6-15-10/h1,3,6H,2,4-5,7,9,13H2. The van der Waals surface area contributed by atoms with Gasteiger partial charge >= 0.3 is 0 Å². The molecule has 0 bridgehead atoms. The number of rotatable bonds is 2. The summed E-state index contributed by atoms with van der Waals surface area (Å²) >= 11 is 0. The number of furan rings is 1. The van der Waals surface area contributed by atoms with Crippen LogP contribution < -0.4 is 5.73 Å². The minimum absolute atomic E-state index is 0.629. The van der Waals surface area contributed by atoms with Crippen LogP contribution in [0, 0.1) is 11.3 Å². The van der Waals surface area contributed by atoms with Crippen LogP contribution in [0.4, 0.5) is 0 Å². The number of likely N-dealkylation sites (tertiary alicyclic amines) is 1. The second-order valence-electron chi connectivity index (χ2n) is 4.16. The van der Waals surface area contributed by atoms with E-state index in [0.29, 0.717) is 6.54 Å². The van der Waals surface area contributed by atoms with Crippen molar-refractivity contribution in [2.45, 2.75) is 24.9 Å². The van der Waals surface area contributed by atoms with E-state index in [1.54, 1.807) is 6.26 Å². The Morgan fingerprint density at radius 1 is 1.67 bits per heavy atom. The molecule has 2 rings (SSSR count). The highest BCUT2D eigenvalue weighted by Gasteiger charge is 2.31. The summed E-state index contributed by atoms with van der Waals surface area (Å²) in [5, 5.41) is 8.97. The van der Waals surface area contributed by atoms with Gasteiger partial charge in [-0.1, -0.05) is 0 Å². The van der Waals surface area contributed by atoms with Crippen molar-refractivity contribution in [3.63, 3.8) is 0 Å². The average molecular weight is 205 g/mol. The average Bonchev–Trinajstić information content (AvgIpc) is 2.71. The fourth-order valence-electron chi connectivity index (χ4n) is 2.02. The summed E-state index contributed by atoms with van der Waals surface area (Å²) in [5.74, 6) is 0.928. The Hall–Kier alpha value is -1.31. The first-order chi connectivity index (χ1) is 7.22. The van der Waals surface area contributed by atoms with Crippen LogP contribution >= 0.6 is 0 Å². The van der Waals surface area contributed by atoms with Crippen molar-refractivity contribution in [2.75, 3.05) is 13.1 Å². The highest BCUT2D eigenvalue weighted by molar-refractivity contribution is 5.09. The number of hydrogen-bond acceptors (Lipinski definition) is 4. The van der Waals surface area contributed by atoms with Crippen LogP contribution in [0.2, 0.25) is 0 Å². The number of nitrogens with zero attached hydrogens (tertiary/aromatic N) is 2. The molecule has 1 aliphatic heterocycles. The van der Waals surface area contributed by atoms with Crippen LogP contribution in [0.5, 0.6) is 0 Å². The molecule has 1 fully saturated rings. The Kier molecular flexibility index (Phi) is 2.76. The van der Waals surface area contributed by atoms with Crippen molar-refractivity contribution in [1.29, 1.82) is 5.26 Å². The van der Waals surface area contributed by atoms with E-state index in [1.165, 1.54) is 0 Å². The van der Waals surface area contributed by atoms with Crippen molar-refractivity contribution in [2.24, 2.45) is 5.73 Å². The topological polar surface area (TPSA) is 66.2 Å². The quantitative estimate of drug-likeness (QED) is 0.785. The lowest BCUT2D eigenvalue weighted by atomic mass is 9.92. The summed E-state index contributed by atoms with van der Waals surface area (Å²) in [5.41, 5.74) is 5.27. The van der Waals surface area contributed by atoms with Gasteiger partial charge in [0.05, 0.1) is 18.9 Å². The molecule has 0 aliphatic carbocycles. The van der Waals surface area contributed by atoms with Crippen molar-refractivity contribution >= 4 is 0 Å².